The smallest absolute Gasteiger partial charge is 0.459 e. The van der Waals surface area contributed by atoms with Gasteiger partial charge >= 0.3 is 7.75 Å². The van der Waals surface area contributed by atoms with Gasteiger partial charge in [0.2, 0.25) is 0 Å². The van der Waals surface area contributed by atoms with Crippen LogP contribution in [0.3, 0.4) is 0 Å². The van der Waals surface area contributed by atoms with Gasteiger partial charge < -0.3 is 47.1 Å². The molecule has 1 unspecified atom stereocenters. The molecule has 0 spiro atoms. The van der Waals surface area contributed by atoms with Crippen LogP contribution in [-0.2, 0) is 23.4 Å². The van der Waals surface area contributed by atoms with Gasteiger partial charge in [-0.2, -0.15) is 9.65 Å². The molecule has 1 saturated heterocycles. The molecule has 3 rings (SSSR count). The van der Waals surface area contributed by atoms with Gasteiger partial charge in [0, 0.05) is 6.07 Å². The van der Waals surface area contributed by atoms with Crippen molar-refractivity contribution < 1.29 is 59.9 Å². The number of pyridine rings is 1. The minimum Gasteiger partial charge on any atom is -1.00 e. The van der Waals surface area contributed by atoms with E-state index >= 15 is 0 Å². The van der Waals surface area contributed by atoms with Crippen molar-refractivity contribution in [2.24, 2.45) is 5.73 Å². The summed E-state index contributed by atoms with van der Waals surface area (Å²) < 4.78 is 37.3. The van der Waals surface area contributed by atoms with Crippen LogP contribution < -0.4 is 32.3 Å². The highest BCUT2D eigenvalue weighted by atomic mass is 35.5. The van der Waals surface area contributed by atoms with Crippen LogP contribution in [0.2, 0.25) is 0 Å². The van der Waals surface area contributed by atoms with Crippen LogP contribution >= 0.6 is 7.75 Å². The number of ether oxygens (including phenoxy) is 2. The Balaban J connectivity index is 0.00000481. The number of nitrogens with two attached hydrogens (primary N) is 1. The Morgan fingerprint density at radius 2 is 1.92 bits per heavy atom. The summed E-state index contributed by atoms with van der Waals surface area (Å²) in [7, 11) is -4.19. The van der Waals surface area contributed by atoms with Crippen molar-refractivity contribution >= 4 is 19.9 Å². The fourth-order valence-electron chi connectivity index (χ4n) is 3.40. The van der Waals surface area contributed by atoms with Crippen molar-refractivity contribution in [3.05, 3.63) is 60.4 Å². The summed E-state index contributed by atoms with van der Waals surface area (Å²) in [5, 5.41) is 23.6. The molecule has 1 aromatic heterocycles. The Morgan fingerprint density at radius 3 is 2.54 bits per heavy atom. The number of benzene rings is 1. The first-order valence-corrected chi connectivity index (χ1v) is 12.8. The third kappa shape index (κ3) is 8.56. The lowest BCUT2D eigenvalue weighted by Crippen LogP contribution is -3.00. The number of primary amides is 1. The van der Waals surface area contributed by atoms with Gasteiger partial charge in [0.1, 0.15) is 29.8 Å². The number of carbonyl (C=O) groups is 2. The lowest BCUT2D eigenvalue weighted by Gasteiger charge is -2.24. The van der Waals surface area contributed by atoms with Crippen LogP contribution in [-0.4, -0.2) is 66.1 Å². The summed E-state index contributed by atoms with van der Waals surface area (Å²) in [6.07, 6.45) is -1.74. The lowest BCUT2D eigenvalue weighted by molar-refractivity contribution is -0.765. The maximum Gasteiger partial charge on any atom is 0.459 e. The highest BCUT2D eigenvalue weighted by Gasteiger charge is 2.49. The van der Waals surface area contributed by atoms with Gasteiger partial charge in [-0.1, -0.05) is 18.2 Å². The minimum atomic E-state index is -4.19. The molecule has 1 fully saturated rings. The van der Waals surface area contributed by atoms with Crippen molar-refractivity contribution in [1.82, 2.24) is 5.09 Å². The quantitative estimate of drug-likeness (QED) is 0.117. The van der Waals surface area contributed by atoms with E-state index < -0.39 is 50.8 Å². The van der Waals surface area contributed by atoms with Gasteiger partial charge in [0.05, 0.1) is 25.4 Å². The number of nitrogens with one attached hydrogen (secondary N) is 1. The lowest BCUT2D eigenvalue weighted by atomic mass is 10.1. The Hall–Kier alpha value is -2.41. The van der Waals surface area contributed by atoms with E-state index in [4.69, 9.17) is 24.3 Å². The summed E-state index contributed by atoms with van der Waals surface area (Å²) in [6, 6.07) is 10.2. The van der Waals surface area contributed by atoms with Crippen molar-refractivity contribution in [2.45, 2.75) is 50.5 Å². The number of hydrogen-bond donors (Lipinski definition) is 4. The number of aldehydes is 1. The predicted molar refractivity (Wildman–Crippen MR) is 126 cm³/mol. The van der Waals surface area contributed by atoms with Crippen LogP contribution in [0.4, 0.5) is 0 Å². The Kier molecular flexibility index (Phi) is 11.6. The Bertz CT molecular complexity index is 1080. The van der Waals surface area contributed by atoms with Crippen molar-refractivity contribution in [3.8, 4) is 5.75 Å². The van der Waals surface area contributed by atoms with E-state index in [0.717, 1.165) is 0 Å². The summed E-state index contributed by atoms with van der Waals surface area (Å²) in [4.78, 5) is 23.1. The number of halogens is 1. The Morgan fingerprint density at radius 1 is 1.22 bits per heavy atom. The van der Waals surface area contributed by atoms with Crippen molar-refractivity contribution in [3.63, 3.8) is 0 Å². The molecule has 1 aromatic carbocycles. The van der Waals surface area contributed by atoms with E-state index in [1.165, 1.54) is 29.1 Å². The highest BCUT2D eigenvalue weighted by molar-refractivity contribution is 7.52. The van der Waals surface area contributed by atoms with Gasteiger partial charge in [0.15, 0.2) is 18.5 Å². The molecule has 12 nitrogen and oxygen atoms in total. The second-order valence-corrected chi connectivity index (χ2v) is 10.1. The van der Waals surface area contributed by atoms with Crippen LogP contribution in [0.1, 0.15) is 30.4 Å². The molecule has 14 heteroatoms. The standard InChI is InChI=1S/C23H30N3O9P.ClH/c1-15(2)32-13-17(12-27)25-36(31,35-18-8-4-3-5-9-18)33-14-19-20(28)21(29)23(34-19)26-10-6-7-16(11-26)22(24)30;/h3-12,15,17,19-21,23,28-29H,13-14H2,1-2H3,(H2-,24,25,30,31);1H/t17-,19-,20-,21-,23-,36?;/m1./s1. The van der Waals surface area contributed by atoms with Gasteiger partial charge in [0.25, 0.3) is 12.1 Å². The van der Waals surface area contributed by atoms with E-state index in [1.54, 1.807) is 44.2 Å². The van der Waals surface area contributed by atoms with Gasteiger partial charge in [-0.25, -0.2) is 4.57 Å². The number of amides is 1. The molecule has 1 aliphatic rings. The molecule has 37 heavy (non-hydrogen) atoms. The molecule has 6 atom stereocenters. The number of aromatic nitrogens is 1. The predicted octanol–water partition coefficient (Wildman–Crippen LogP) is -2.52. The van der Waals surface area contributed by atoms with Gasteiger partial charge in [-0.05, 0) is 32.0 Å². The second kappa shape index (κ2) is 13.9. The van der Waals surface area contributed by atoms with Crippen molar-refractivity contribution in [2.75, 3.05) is 13.2 Å². The number of nitrogens with zero attached hydrogens (tertiary/aromatic N) is 1. The fraction of sp³-hybridized carbons (Fsp3) is 0.435. The van der Waals surface area contributed by atoms with Crippen LogP contribution in [0, 0.1) is 0 Å². The average Bonchev–Trinajstić information content (AvgIpc) is 3.14. The molecule has 2 aromatic rings. The molecule has 1 aliphatic heterocycles. The summed E-state index contributed by atoms with van der Waals surface area (Å²) in [5.41, 5.74) is 5.48. The molecule has 5 N–H and O–H groups in total. The van der Waals surface area contributed by atoms with Crippen molar-refractivity contribution in [1.29, 1.82) is 0 Å². The molecule has 204 valence electrons. The topological polar surface area (TPSA) is 171 Å². The van der Waals surface area contributed by atoms with Gasteiger partial charge in [-0.15, -0.1) is 0 Å². The molecule has 0 saturated carbocycles. The first kappa shape index (κ1) is 30.8. The maximum atomic E-state index is 13.6. The zero-order chi connectivity index (χ0) is 26.3. The highest BCUT2D eigenvalue weighted by Crippen LogP contribution is 2.45. The number of hydrogen-bond acceptors (Lipinski definition) is 9. The minimum absolute atomic E-state index is 0. The second-order valence-electron chi connectivity index (χ2n) is 8.40. The molecule has 2 heterocycles. The number of aliphatic hydroxyl groups excluding tert-OH is 2. The first-order valence-electron chi connectivity index (χ1n) is 11.3. The summed E-state index contributed by atoms with van der Waals surface area (Å²) >= 11 is 0. The van der Waals surface area contributed by atoms with E-state index in [9.17, 15) is 24.4 Å². The molecule has 0 aliphatic carbocycles. The summed E-state index contributed by atoms with van der Waals surface area (Å²) in [5.74, 6) is -0.457. The molecular formula is C23H31ClN3O9P. The average molecular weight is 560 g/mol. The zero-order valence-electron chi connectivity index (χ0n) is 20.3. The third-order valence-electron chi connectivity index (χ3n) is 5.21. The molecule has 0 radical (unpaired) electrons. The van der Waals surface area contributed by atoms with E-state index in [2.05, 4.69) is 5.09 Å². The third-order valence-corrected chi connectivity index (χ3v) is 6.80. The van der Waals surface area contributed by atoms with Crippen LogP contribution in [0.15, 0.2) is 54.9 Å². The normalized spacial score (nSPS) is 23.6. The number of carbonyl (C=O) groups excluding carboxylic acids is 2. The fourth-order valence-corrected chi connectivity index (χ4v) is 4.86. The molecule has 0 bridgehead atoms. The largest absolute Gasteiger partial charge is 1.00 e. The Labute approximate surface area is 220 Å². The van der Waals surface area contributed by atoms with Crippen LogP contribution in [0.5, 0.6) is 5.75 Å². The van der Waals surface area contributed by atoms with E-state index in [0.29, 0.717) is 6.29 Å². The van der Waals surface area contributed by atoms with E-state index in [1.807, 2.05) is 0 Å². The first-order chi connectivity index (χ1) is 17.1. The number of para-hydroxylation sites is 1. The van der Waals surface area contributed by atoms with Gasteiger partial charge in [-0.3, -0.25) is 9.32 Å². The number of aliphatic hydroxyl groups is 2. The maximum absolute atomic E-state index is 13.6. The SMILES string of the molecule is CC(C)OC[C@@H](C=O)NP(=O)(OC[C@H]1O[C@@H]([n+]2cccc(C(N)=O)c2)[C@H](O)[C@@H]1O)Oc1ccccc1.[Cl-]. The number of rotatable bonds is 13. The zero-order valence-corrected chi connectivity index (χ0v) is 21.9. The van der Waals surface area contributed by atoms with Crippen LogP contribution in [0.25, 0.3) is 0 Å². The molecule has 1 amide bonds. The summed E-state index contributed by atoms with van der Waals surface area (Å²) in [6.45, 7) is 3.04. The van der Waals surface area contributed by atoms with E-state index in [-0.39, 0.29) is 36.4 Å². The monoisotopic (exact) mass is 559 g/mol. The molecular weight excluding hydrogens is 529 g/mol.